The fraction of sp³-hybridized carbons (Fsp3) is 0.0833. The number of carbonyl (C=O) groups excluding carboxylic acids is 1. The average Bonchev–Trinajstić information content (AvgIpc) is 2.50. The van der Waals surface area contributed by atoms with Gasteiger partial charge in [0.1, 0.15) is 5.75 Å². The molecule has 2 aromatic rings. The van der Waals surface area contributed by atoms with Gasteiger partial charge < -0.3 is 5.11 Å². The van der Waals surface area contributed by atoms with E-state index in [9.17, 15) is 19.5 Å². The molecule has 11 heteroatoms. The van der Waals surface area contributed by atoms with Crippen LogP contribution in [0.1, 0.15) is 5.56 Å². The van der Waals surface area contributed by atoms with Crippen LogP contribution >= 0.6 is 27.7 Å². The number of thioether (sulfide) groups is 1. The molecular formula is C12H10BrN5O4S. The molecule has 9 nitrogen and oxygen atoms in total. The first-order chi connectivity index (χ1) is 11.0. The van der Waals surface area contributed by atoms with E-state index < -0.39 is 17.2 Å². The molecule has 0 radical (unpaired) electrons. The number of hydrogen-bond acceptors (Lipinski definition) is 7. The van der Waals surface area contributed by atoms with Crippen molar-refractivity contribution >= 4 is 39.8 Å². The molecule has 0 aliphatic heterocycles. The van der Waals surface area contributed by atoms with Gasteiger partial charge in [-0.05, 0) is 18.2 Å². The molecule has 2 rings (SSSR count). The molecule has 4 N–H and O–H groups in total. The van der Waals surface area contributed by atoms with Crippen molar-refractivity contribution in [1.82, 2.24) is 20.6 Å². The highest BCUT2D eigenvalue weighted by Crippen LogP contribution is 2.19. The molecule has 120 valence electrons. The van der Waals surface area contributed by atoms with E-state index in [2.05, 4.69) is 36.7 Å². The molecule has 0 atom stereocenters. The lowest BCUT2D eigenvalue weighted by Crippen LogP contribution is -2.26. The summed E-state index contributed by atoms with van der Waals surface area (Å²) in [4.78, 5) is 35.8. The zero-order valence-electron chi connectivity index (χ0n) is 11.4. The highest BCUT2D eigenvalue weighted by Gasteiger charge is 2.07. The smallest absolute Gasteiger partial charge is 0.342 e. The summed E-state index contributed by atoms with van der Waals surface area (Å²) in [6.45, 7) is 0. The largest absolute Gasteiger partial charge is 0.507 e. The third-order valence-corrected chi connectivity index (χ3v) is 3.85. The number of hydrazone groups is 1. The summed E-state index contributed by atoms with van der Waals surface area (Å²) in [7, 11) is 0. The molecule has 0 bridgehead atoms. The quantitative estimate of drug-likeness (QED) is 0.320. The number of hydrogen-bond donors (Lipinski definition) is 4. The lowest BCUT2D eigenvalue weighted by Gasteiger charge is -2.00. The summed E-state index contributed by atoms with van der Waals surface area (Å²) in [6, 6.07) is 4.78. The lowest BCUT2D eigenvalue weighted by molar-refractivity contribution is -0.118. The van der Waals surface area contributed by atoms with Gasteiger partial charge in [-0.1, -0.05) is 27.7 Å². The highest BCUT2D eigenvalue weighted by atomic mass is 79.9. The van der Waals surface area contributed by atoms with Gasteiger partial charge in [0.15, 0.2) is 5.03 Å². The number of phenolic OH excluding ortho intramolecular Hbond substituents is 1. The Morgan fingerprint density at radius 2 is 2.26 bits per heavy atom. The molecule has 0 fully saturated rings. The van der Waals surface area contributed by atoms with E-state index >= 15 is 0 Å². The van der Waals surface area contributed by atoms with E-state index in [1.54, 1.807) is 12.1 Å². The van der Waals surface area contributed by atoms with Crippen LogP contribution in [0.25, 0.3) is 0 Å². The number of aromatic nitrogens is 3. The van der Waals surface area contributed by atoms with Gasteiger partial charge >= 0.3 is 5.69 Å². The van der Waals surface area contributed by atoms with Crippen LogP contribution in [0.15, 0.2) is 42.4 Å². The molecular weight excluding hydrogens is 390 g/mol. The summed E-state index contributed by atoms with van der Waals surface area (Å²) in [5.41, 5.74) is 1.28. The Morgan fingerprint density at radius 1 is 1.48 bits per heavy atom. The molecule has 0 saturated carbocycles. The number of amides is 1. The van der Waals surface area contributed by atoms with Crippen molar-refractivity contribution < 1.29 is 9.90 Å². The van der Waals surface area contributed by atoms with Crippen molar-refractivity contribution in [2.75, 3.05) is 5.75 Å². The number of rotatable bonds is 5. The normalized spacial score (nSPS) is 10.8. The minimum Gasteiger partial charge on any atom is -0.507 e. The van der Waals surface area contributed by atoms with Crippen LogP contribution in [0.4, 0.5) is 0 Å². The van der Waals surface area contributed by atoms with Gasteiger partial charge in [-0.15, -0.1) is 0 Å². The molecule has 23 heavy (non-hydrogen) atoms. The lowest BCUT2D eigenvalue weighted by atomic mass is 10.2. The number of halogens is 1. The van der Waals surface area contributed by atoms with E-state index in [1.165, 1.54) is 12.3 Å². The summed E-state index contributed by atoms with van der Waals surface area (Å²) < 4.78 is 0.752. The van der Waals surface area contributed by atoms with Crippen LogP contribution in [-0.2, 0) is 4.79 Å². The summed E-state index contributed by atoms with van der Waals surface area (Å²) in [5.74, 6) is -0.582. The SMILES string of the molecule is O=C(CSc1n[nH]c(=O)[nH]c1=O)N/N=C/c1cc(Br)ccc1O. The van der Waals surface area contributed by atoms with Crippen LogP contribution in [0, 0.1) is 0 Å². The van der Waals surface area contributed by atoms with E-state index in [4.69, 9.17) is 0 Å². The van der Waals surface area contributed by atoms with Crippen molar-refractivity contribution in [3.8, 4) is 5.75 Å². The molecule has 0 spiro atoms. The molecule has 0 aliphatic rings. The first-order valence-corrected chi connectivity index (χ1v) is 7.86. The highest BCUT2D eigenvalue weighted by molar-refractivity contribution is 9.10. The third-order valence-electron chi connectivity index (χ3n) is 2.40. The fourth-order valence-electron chi connectivity index (χ4n) is 1.40. The Morgan fingerprint density at radius 3 is 3.00 bits per heavy atom. The number of aromatic hydroxyl groups is 1. The number of phenols is 1. The number of aromatic amines is 2. The third kappa shape index (κ3) is 5.07. The molecule has 1 amide bonds. The number of nitrogens with one attached hydrogen (secondary N) is 3. The van der Waals surface area contributed by atoms with Crippen LogP contribution < -0.4 is 16.7 Å². The monoisotopic (exact) mass is 399 g/mol. The Hall–Kier alpha value is -2.40. The predicted molar refractivity (Wildman–Crippen MR) is 87.7 cm³/mol. The van der Waals surface area contributed by atoms with Crippen LogP contribution in [0.2, 0.25) is 0 Å². The van der Waals surface area contributed by atoms with Gasteiger partial charge in [0.2, 0.25) is 5.91 Å². The second kappa shape index (κ2) is 7.74. The Bertz CT molecular complexity index is 863. The molecule has 0 unspecified atom stereocenters. The number of nitrogens with zero attached hydrogens (tertiary/aromatic N) is 2. The zero-order valence-corrected chi connectivity index (χ0v) is 13.8. The van der Waals surface area contributed by atoms with Crippen LogP contribution in [-0.4, -0.2) is 38.2 Å². The molecule has 0 saturated heterocycles. The van der Waals surface area contributed by atoms with Gasteiger partial charge in [-0.2, -0.15) is 10.2 Å². The molecule has 0 aliphatic carbocycles. The van der Waals surface area contributed by atoms with Crippen molar-refractivity contribution in [3.63, 3.8) is 0 Å². The van der Waals surface area contributed by atoms with E-state index in [0.717, 1.165) is 16.2 Å². The molecule has 1 aromatic carbocycles. The Kier molecular flexibility index (Phi) is 5.71. The Labute approximate surface area is 141 Å². The van der Waals surface area contributed by atoms with Crippen molar-refractivity contribution in [2.24, 2.45) is 5.10 Å². The van der Waals surface area contributed by atoms with E-state index in [-0.39, 0.29) is 16.5 Å². The summed E-state index contributed by atoms with van der Waals surface area (Å²) in [5, 5.41) is 18.9. The maximum atomic E-state index is 11.6. The van der Waals surface area contributed by atoms with Gasteiger partial charge in [0.25, 0.3) is 5.56 Å². The van der Waals surface area contributed by atoms with Gasteiger partial charge in [0, 0.05) is 10.0 Å². The minimum atomic E-state index is -0.720. The predicted octanol–water partition coefficient (Wildman–Crippen LogP) is 0.169. The van der Waals surface area contributed by atoms with Crippen LogP contribution in [0.5, 0.6) is 5.75 Å². The van der Waals surface area contributed by atoms with E-state index in [1.807, 2.05) is 4.98 Å². The first kappa shape index (κ1) is 17.0. The topological polar surface area (TPSA) is 140 Å². The maximum Gasteiger partial charge on any atom is 0.342 e. The average molecular weight is 400 g/mol. The number of benzene rings is 1. The van der Waals surface area contributed by atoms with Crippen molar-refractivity contribution in [1.29, 1.82) is 0 Å². The second-order valence-corrected chi connectivity index (χ2v) is 5.98. The van der Waals surface area contributed by atoms with Gasteiger partial charge in [0.05, 0.1) is 12.0 Å². The first-order valence-electron chi connectivity index (χ1n) is 6.08. The fourth-order valence-corrected chi connectivity index (χ4v) is 2.41. The van der Waals surface area contributed by atoms with Gasteiger partial charge in [-0.25, -0.2) is 15.3 Å². The molecule has 1 aromatic heterocycles. The minimum absolute atomic E-state index is 0.0181. The van der Waals surface area contributed by atoms with Crippen molar-refractivity contribution in [2.45, 2.75) is 5.03 Å². The number of H-pyrrole nitrogens is 2. The maximum absolute atomic E-state index is 11.6. The second-order valence-electron chi connectivity index (χ2n) is 4.10. The van der Waals surface area contributed by atoms with Crippen LogP contribution in [0.3, 0.4) is 0 Å². The number of carbonyl (C=O) groups is 1. The molecule has 1 heterocycles. The summed E-state index contributed by atoms with van der Waals surface area (Å²) in [6.07, 6.45) is 1.29. The summed E-state index contributed by atoms with van der Waals surface area (Å²) >= 11 is 4.10. The van der Waals surface area contributed by atoms with Gasteiger partial charge in [-0.3, -0.25) is 14.6 Å². The van der Waals surface area contributed by atoms with Crippen molar-refractivity contribution in [3.05, 3.63) is 49.1 Å². The zero-order chi connectivity index (χ0) is 16.8. The standard InChI is InChI=1S/C12H10BrN5O4S/c13-7-1-2-8(19)6(3-7)4-14-16-9(20)5-23-11-10(21)15-12(22)18-17-11/h1-4,19H,5H2,(H,16,20)(H2,15,18,21,22)/b14-4+. The van der Waals surface area contributed by atoms with E-state index in [0.29, 0.717) is 5.56 Å². The Balaban J connectivity index is 1.90.